The smallest absolute Gasteiger partial charge is 0.371 e. The summed E-state index contributed by atoms with van der Waals surface area (Å²) in [5.41, 5.74) is -0.978. The highest BCUT2D eigenvalue weighted by Gasteiger charge is 2.46. The molecule has 0 aliphatic heterocycles. The van der Waals surface area contributed by atoms with Crippen LogP contribution in [0.25, 0.3) is 0 Å². The quantitative estimate of drug-likeness (QED) is 0.797. The van der Waals surface area contributed by atoms with Crippen LogP contribution in [0, 0.1) is 5.92 Å². The fraction of sp³-hybridized carbons (Fsp3) is 0.545. The zero-order chi connectivity index (χ0) is 11.1. The molecular formula is C11H14O4. The molecule has 1 aromatic rings. The number of carboxylic acids is 1. The summed E-state index contributed by atoms with van der Waals surface area (Å²) >= 11 is 0. The molecule has 0 saturated heterocycles. The molecular weight excluding hydrogens is 196 g/mol. The summed E-state index contributed by atoms with van der Waals surface area (Å²) < 4.78 is 5.15. The van der Waals surface area contributed by atoms with Gasteiger partial charge in [-0.1, -0.05) is 6.92 Å². The molecule has 1 unspecified atom stereocenters. The van der Waals surface area contributed by atoms with E-state index in [1.807, 2.05) is 6.92 Å². The van der Waals surface area contributed by atoms with E-state index in [1.165, 1.54) is 6.07 Å². The van der Waals surface area contributed by atoms with Gasteiger partial charge in [0.15, 0.2) is 0 Å². The van der Waals surface area contributed by atoms with E-state index in [-0.39, 0.29) is 11.7 Å². The summed E-state index contributed by atoms with van der Waals surface area (Å²) in [6.45, 7) is 1.88. The van der Waals surface area contributed by atoms with Gasteiger partial charge in [-0.25, -0.2) is 4.79 Å². The van der Waals surface area contributed by atoms with Crippen LogP contribution in [-0.4, -0.2) is 16.2 Å². The second kappa shape index (κ2) is 3.38. The third-order valence-corrected chi connectivity index (χ3v) is 3.04. The number of carbonyl (C=O) groups is 1. The van der Waals surface area contributed by atoms with Gasteiger partial charge >= 0.3 is 5.97 Å². The summed E-state index contributed by atoms with van der Waals surface area (Å²) in [7, 11) is 0. The zero-order valence-electron chi connectivity index (χ0n) is 8.56. The van der Waals surface area contributed by atoms with Crippen molar-refractivity contribution in [2.24, 2.45) is 5.92 Å². The molecule has 0 amide bonds. The maximum Gasteiger partial charge on any atom is 0.371 e. The molecule has 0 bridgehead atoms. The number of aromatic carboxylic acids is 1. The normalized spacial score (nSPS) is 19.9. The Kier molecular flexibility index (Phi) is 2.31. The second-order valence-corrected chi connectivity index (χ2v) is 4.02. The first-order valence-electron chi connectivity index (χ1n) is 5.14. The minimum absolute atomic E-state index is 0.113. The minimum atomic E-state index is -1.10. The molecule has 2 rings (SSSR count). The lowest BCUT2D eigenvalue weighted by Crippen LogP contribution is -2.26. The summed E-state index contributed by atoms with van der Waals surface area (Å²) in [6, 6.07) is 2.95. The Balaban J connectivity index is 2.30. The van der Waals surface area contributed by atoms with Crippen LogP contribution in [0.5, 0.6) is 0 Å². The molecule has 0 aromatic carbocycles. The summed E-state index contributed by atoms with van der Waals surface area (Å²) in [5.74, 6) is -0.617. The summed E-state index contributed by atoms with van der Waals surface area (Å²) in [5, 5.41) is 19.1. The van der Waals surface area contributed by atoms with E-state index in [2.05, 4.69) is 0 Å². The maximum absolute atomic E-state index is 10.6. The second-order valence-electron chi connectivity index (χ2n) is 4.02. The Morgan fingerprint density at radius 2 is 2.27 bits per heavy atom. The SMILES string of the molecule is CCC(O)(c1ccc(C(=O)O)o1)C1CC1. The number of hydrogen-bond acceptors (Lipinski definition) is 3. The Morgan fingerprint density at radius 1 is 1.60 bits per heavy atom. The van der Waals surface area contributed by atoms with Crippen LogP contribution in [0.1, 0.15) is 42.5 Å². The predicted molar refractivity (Wildman–Crippen MR) is 52.6 cm³/mol. The van der Waals surface area contributed by atoms with E-state index in [0.29, 0.717) is 12.2 Å². The Morgan fingerprint density at radius 3 is 2.67 bits per heavy atom. The molecule has 1 aliphatic rings. The minimum Gasteiger partial charge on any atom is -0.475 e. The molecule has 1 atom stereocenters. The lowest BCUT2D eigenvalue weighted by molar-refractivity contribution is -0.0126. The Bertz CT molecular complexity index is 378. The van der Waals surface area contributed by atoms with Crippen molar-refractivity contribution in [2.75, 3.05) is 0 Å². The number of aliphatic hydroxyl groups is 1. The van der Waals surface area contributed by atoms with Crippen LogP contribution in [0.15, 0.2) is 16.5 Å². The van der Waals surface area contributed by atoms with Crippen molar-refractivity contribution >= 4 is 5.97 Å². The van der Waals surface area contributed by atoms with Gasteiger partial charge in [-0.05, 0) is 37.3 Å². The molecule has 1 aliphatic carbocycles. The van der Waals surface area contributed by atoms with E-state index in [0.717, 1.165) is 12.8 Å². The molecule has 1 aromatic heterocycles. The molecule has 0 spiro atoms. The first-order valence-corrected chi connectivity index (χ1v) is 5.14. The first-order chi connectivity index (χ1) is 7.08. The molecule has 4 heteroatoms. The van der Waals surface area contributed by atoms with Crippen LogP contribution < -0.4 is 0 Å². The fourth-order valence-corrected chi connectivity index (χ4v) is 1.91. The summed E-state index contributed by atoms with van der Waals surface area (Å²) in [6.07, 6.45) is 2.51. The number of rotatable bonds is 4. The number of carboxylic acid groups (broad SMARTS) is 1. The topological polar surface area (TPSA) is 70.7 Å². The van der Waals surface area contributed by atoms with E-state index in [4.69, 9.17) is 9.52 Å². The standard InChI is InChI=1S/C11H14O4/c1-2-11(14,7-3-4-7)9-6-5-8(15-9)10(12)13/h5-7,14H,2-4H2,1H3,(H,12,13). The van der Waals surface area contributed by atoms with Crippen molar-refractivity contribution in [3.8, 4) is 0 Å². The Labute approximate surface area is 87.5 Å². The van der Waals surface area contributed by atoms with Crippen LogP contribution in [0.4, 0.5) is 0 Å². The lowest BCUT2D eigenvalue weighted by atomic mass is 9.92. The van der Waals surface area contributed by atoms with Gasteiger partial charge in [0.25, 0.3) is 0 Å². The van der Waals surface area contributed by atoms with E-state index < -0.39 is 11.6 Å². The molecule has 1 fully saturated rings. The molecule has 1 saturated carbocycles. The van der Waals surface area contributed by atoms with Gasteiger partial charge in [0, 0.05) is 0 Å². The molecule has 0 radical (unpaired) electrons. The molecule has 4 nitrogen and oxygen atoms in total. The monoisotopic (exact) mass is 210 g/mol. The van der Waals surface area contributed by atoms with Crippen LogP contribution in [0.3, 0.4) is 0 Å². The highest BCUT2D eigenvalue weighted by molar-refractivity contribution is 5.84. The van der Waals surface area contributed by atoms with Crippen LogP contribution in [-0.2, 0) is 5.60 Å². The van der Waals surface area contributed by atoms with Gasteiger partial charge in [0.05, 0.1) is 0 Å². The van der Waals surface area contributed by atoms with Gasteiger partial charge in [0.2, 0.25) is 5.76 Å². The fourth-order valence-electron chi connectivity index (χ4n) is 1.91. The predicted octanol–water partition coefficient (Wildman–Crippen LogP) is 1.99. The van der Waals surface area contributed by atoms with Crippen LogP contribution in [0.2, 0.25) is 0 Å². The largest absolute Gasteiger partial charge is 0.475 e. The molecule has 82 valence electrons. The van der Waals surface area contributed by atoms with Crippen molar-refractivity contribution in [3.05, 3.63) is 23.7 Å². The summed E-state index contributed by atoms with van der Waals surface area (Å²) in [4.78, 5) is 10.6. The molecule has 2 N–H and O–H groups in total. The number of furan rings is 1. The lowest BCUT2D eigenvalue weighted by Gasteiger charge is -2.23. The number of hydrogen-bond donors (Lipinski definition) is 2. The zero-order valence-corrected chi connectivity index (χ0v) is 8.56. The molecule has 15 heavy (non-hydrogen) atoms. The van der Waals surface area contributed by atoms with Gasteiger partial charge in [-0.15, -0.1) is 0 Å². The van der Waals surface area contributed by atoms with Gasteiger partial charge in [-0.2, -0.15) is 0 Å². The van der Waals surface area contributed by atoms with Gasteiger partial charge in [-0.3, -0.25) is 0 Å². The van der Waals surface area contributed by atoms with E-state index in [1.54, 1.807) is 6.07 Å². The van der Waals surface area contributed by atoms with Crippen molar-refractivity contribution in [1.29, 1.82) is 0 Å². The third kappa shape index (κ3) is 1.65. The van der Waals surface area contributed by atoms with E-state index in [9.17, 15) is 9.90 Å². The first kappa shape index (κ1) is 10.2. The highest BCUT2D eigenvalue weighted by atomic mass is 16.4. The molecule has 1 heterocycles. The van der Waals surface area contributed by atoms with Crippen LogP contribution >= 0.6 is 0 Å². The van der Waals surface area contributed by atoms with Crippen molar-refractivity contribution in [3.63, 3.8) is 0 Å². The van der Waals surface area contributed by atoms with Gasteiger partial charge < -0.3 is 14.6 Å². The third-order valence-electron chi connectivity index (χ3n) is 3.04. The van der Waals surface area contributed by atoms with Crippen molar-refractivity contribution in [2.45, 2.75) is 31.8 Å². The Hall–Kier alpha value is -1.29. The van der Waals surface area contributed by atoms with E-state index >= 15 is 0 Å². The van der Waals surface area contributed by atoms with Crippen molar-refractivity contribution < 1.29 is 19.4 Å². The average Bonchev–Trinajstić information content (AvgIpc) is 2.94. The highest BCUT2D eigenvalue weighted by Crippen LogP contribution is 2.47. The van der Waals surface area contributed by atoms with Gasteiger partial charge in [0.1, 0.15) is 11.4 Å². The van der Waals surface area contributed by atoms with Crippen molar-refractivity contribution in [1.82, 2.24) is 0 Å². The average molecular weight is 210 g/mol. The maximum atomic E-state index is 10.6.